The number of nitrogens with one attached hydrogen (secondary N) is 1. The van der Waals surface area contributed by atoms with Crippen LogP contribution in [0.25, 0.3) is 10.2 Å². The molecule has 30 heavy (non-hydrogen) atoms. The van der Waals surface area contributed by atoms with E-state index >= 15 is 0 Å². The number of fused-ring (bicyclic) bond motifs is 1. The van der Waals surface area contributed by atoms with E-state index in [1.54, 1.807) is 25.4 Å². The summed E-state index contributed by atoms with van der Waals surface area (Å²) in [6.45, 7) is 3.57. The highest BCUT2D eigenvalue weighted by Gasteiger charge is 2.29. The monoisotopic (exact) mass is 429 g/mol. The maximum atomic E-state index is 13.0. The summed E-state index contributed by atoms with van der Waals surface area (Å²) in [4.78, 5) is 20.7. The van der Waals surface area contributed by atoms with E-state index in [4.69, 9.17) is 9.47 Å². The molecule has 1 aliphatic rings. The number of thiophene rings is 1. The Labute approximate surface area is 178 Å². The van der Waals surface area contributed by atoms with Crippen molar-refractivity contribution in [2.45, 2.75) is 12.5 Å². The molecule has 1 aliphatic heterocycles. The molecule has 0 aliphatic carbocycles. The van der Waals surface area contributed by atoms with Crippen molar-refractivity contribution in [2.24, 2.45) is 0 Å². The number of carbonyl (C=O) groups excluding carboxylic acids is 1. The van der Waals surface area contributed by atoms with E-state index in [0.29, 0.717) is 30.4 Å². The van der Waals surface area contributed by atoms with Gasteiger partial charge in [-0.1, -0.05) is 6.07 Å². The van der Waals surface area contributed by atoms with Crippen LogP contribution in [0, 0.1) is 5.82 Å². The van der Waals surface area contributed by atoms with Crippen LogP contribution < -0.4 is 10.1 Å². The predicted molar refractivity (Wildman–Crippen MR) is 115 cm³/mol. The SMILES string of the molecule is CNC(=O)c1sc2ncccc2c1C1CN(CCCOc2ccc(F)cc2)CCO1. The van der Waals surface area contributed by atoms with Gasteiger partial charge in [-0.3, -0.25) is 9.69 Å². The third kappa shape index (κ3) is 4.61. The third-order valence-corrected chi connectivity index (χ3v) is 6.24. The van der Waals surface area contributed by atoms with Gasteiger partial charge in [0.25, 0.3) is 5.91 Å². The second-order valence-corrected chi connectivity index (χ2v) is 8.10. The maximum Gasteiger partial charge on any atom is 0.261 e. The van der Waals surface area contributed by atoms with Crippen molar-refractivity contribution in [3.05, 3.63) is 58.9 Å². The van der Waals surface area contributed by atoms with Crippen LogP contribution in [0.15, 0.2) is 42.6 Å². The van der Waals surface area contributed by atoms with E-state index in [1.165, 1.54) is 23.5 Å². The molecule has 8 heteroatoms. The topological polar surface area (TPSA) is 63.7 Å². The minimum Gasteiger partial charge on any atom is -0.494 e. The maximum absolute atomic E-state index is 13.0. The zero-order valence-corrected chi connectivity index (χ0v) is 17.6. The molecule has 1 amide bonds. The van der Waals surface area contributed by atoms with E-state index in [2.05, 4.69) is 15.2 Å². The first-order chi connectivity index (χ1) is 14.7. The lowest BCUT2D eigenvalue weighted by molar-refractivity contribution is -0.0304. The average Bonchev–Trinajstić information content (AvgIpc) is 3.17. The second kappa shape index (κ2) is 9.51. The second-order valence-electron chi connectivity index (χ2n) is 7.10. The molecule has 0 saturated carbocycles. The van der Waals surface area contributed by atoms with Crippen LogP contribution in [0.4, 0.5) is 4.39 Å². The predicted octanol–water partition coefficient (Wildman–Crippen LogP) is 3.64. The standard InChI is InChI=1S/C22H24FN3O3S/c1-24-21(27)20-19(17-4-2-9-25-22(17)30-20)18-14-26(11-13-29-18)10-3-12-28-16-7-5-15(23)6-8-16/h2,4-9,18H,3,10-14H2,1H3,(H,24,27). The van der Waals surface area contributed by atoms with Crippen LogP contribution in [0.5, 0.6) is 5.75 Å². The molecule has 1 atom stereocenters. The fourth-order valence-corrected chi connectivity index (χ4v) is 4.78. The van der Waals surface area contributed by atoms with Crippen LogP contribution in [0.1, 0.15) is 27.8 Å². The Morgan fingerprint density at radius 1 is 1.37 bits per heavy atom. The summed E-state index contributed by atoms with van der Waals surface area (Å²) in [5, 5.41) is 3.71. The minimum absolute atomic E-state index is 0.110. The largest absolute Gasteiger partial charge is 0.494 e. The molecule has 158 valence electrons. The average molecular weight is 430 g/mol. The molecule has 1 unspecified atom stereocenters. The van der Waals surface area contributed by atoms with E-state index in [1.807, 2.05) is 12.1 Å². The van der Waals surface area contributed by atoms with Gasteiger partial charge >= 0.3 is 0 Å². The summed E-state index contributed by atoms with van der Waals surface area (Å²) in [7, 11) is 1.64. The molecule has 1 fully saturated rings. The molecule has 3 heterocycles. The lowest BCUT2D eigenvalue weighted by Crippen LogP contribution is -2.39. The minimum atomic E-state index is -0.269. The number of nitrogens with zero attached hydrogens (tertiary/aromatic N) is 2. The molecule has 0 spiro atoms. The molecular formula is C22H24FN3O3S. The quantitative estimate of drug-likeness (QED) is 0.581. The van der Waals surface area contributed by atoms with E-state index < -0.39 is 0 Å². The number of carbonyl (C=O) groups is 1. The number of aromatic nitrogens is 1. The Balaban J connectivity index is 1.40. The fraction of sp³-hybridized carbons (Fsp3) is 0.364. The highest BCUT2D eigenvalue weighted by Crippen LogP contribution is 2.37. The van der Waals surface area contributed by atoms with Crippen molar-refractivity contribution in [1.29, 1.82) is 0 Å². The van der Waals surface area contributed by atoms with Crippen molar-refractivity contribution >= 4 is 27.5 Å². The number of amides is 1. The van der Waals surface area contributed by atoms with Crippen LogP contribution in [0.3, 0.4) is 0 Å². The molecule has 6 nitrogen and oxygen atoms in total. The van der Waals surface area contributed by atoms with Crippen LogP contribution in [0.2, 0.25) is 0 Å². The normalized spacial score (nSPS) is 17.2. The van der Waals surface area contributed by atoms with Crippen molar-refractivity contribution < 1.29 is 18.7 Å². The van der Waals surface area contributed by atoms with Crippen LogP contribution in [-0.4, -0.2) is 55.7 Å². The molecule has 2 aromatic heterocycles. The first kappa shape index (κ1) is 20.7. The summed E-state index contributed by atoms with van der Waals surface area (Å²) >= 11 is 1.40. The summed E-state index contributed by atoms with van der Waals surface area (Å²) in [6, 6.07) is 9.95. The Morgan fingerprint density at radius 3 is 3.00 bits per heavy atom. The first-order valence-corrected chi connectivity index (χ1v) is 10.8. The molecular weight excluding hydrogens is 405 g/mol. The summed E-state index contributed by atoms with van der Waals surface area (Å²) < 4.78 is 24.7. The fourth-order valence-electron chi connectivity index (χ4n) is 3.64. The van der Waals surface area contributed by atoms with E-state index in [9.17, 15) is 9.18 Å². The third-order valence-electron chi connectivity index (χ3n) is 5.11. The summed E-state index contributed by atoms with van der Waals surface area (Å²) in [5.41, 5.74) is 0.926. The van der Waals surface area contributed by atoms with Crippen molar-refractivity contribution in [3.63, 3.8) is 0 Å². The van der Waals surface area contributed by atoms with Gasteiger partial charge in [0, 0.05) is 43.8 Å². The van der Waals surface area contributed by atoms with Crippen molar-refractivity contribution in [1.82, 2.24) is 15.2 Å². The molecule has 0 bridgehead atoms. The Bertz CT molecular complexity index is 1010. The number of rotatable bonds is 7. The zero-order valence-electron chi connectivity index (χ0n) is 16.8. The van der Waals surface area contributed by atoms with Gasteiger partial charge < -0.3 is 14.8 Å². The number of benzene rings is 1. The highest BCUT2D eigenvalue weighted by molar-refractivity contribution is 7.20. The Kier molecular flexibility index (Phi) is 6.56. The van der Waals surface area contributed by atoms with Gasteiger partial charge in [0.15, 0.2) is 0 Å². The van der Waals surface area contributed by atoms with Gasteiger partial charge in [-0.25, -0.2) is 9.37 Å². The van der Waals surface area contributed by atoms with Gasteiger partial charge in [-0.05, 0) is 36.8 Å². The summed E-state index contributed by atoms with van der Waals surface area (Å²) in [5.74, 6) is 0.291. The number of hydrogen-bond donors (Lipinski definition) is 1. The first-order valence-electron chi connectivity index (χ1n) is 9.97. The number of morpholine rings is 1. The number of hydrogen-bond acceptors (Lipinski definition) is 6. The van der Waals surface area contributed by atoms with Crippen LogP contribution >= 0.6 is 11.3 Å². The Hall–Kier alpha value is -2.55. The van der Waals surface area contributed by atoms with E-state index in [-0.39, 0.29) is 17.8 Å². The molecule has 4 rings (SSSR count). The van der Waals surface area contributed by atoms with E-state index in [0.717, 1.165) is 35.3 Å². The van der Waals surface area contributed by atoms with Crippen molar-refractivity contribution in [3.8, 4) is 5.75 Å². The van der Waals surface area contributed by atoms with Crippen LogP contribution in [-0.2, 0) is 4.74 Å². The molecule has 0 radical (unpaired) electrons. The summed E-state index contributed by atoms with van der Waals surface area (Å²) in [6.07, 6.45) is 2.41. The molecule has 1 N–H and O–H groups in total. The van der Waals surface area contributed by atoms with Gasteiger partial charge in [0.2, 0.25) is 0 Å². The lowest BCUT2D eigenvalue weighted by atomic mass is 10.0. The lowest BCUT2D eigenvalue weighted by Gasteiger charge is -2.33. The molecule has 1 saturated heterocycles. The van der Waals surface area contributed by atoms with Gasteiger partial charge in [-0.15, -0.1) is 11.3 Å². The van der Waals surface area contributed by atoms with Gasteiger partial charge in [0.1, 0.15) is 21.3 Å². The molecule has 1 aromatic carbocycles. The van der Waals surface area contributed by atoms with Gasteiger partial charge in [0.05, 0.1) is 19.3 Å². The number of ether oxygens (including phenoxy) is 2. The van der Waals surface area contributed by atoms with Gasteiger partial charge in [-0.2, -0.15) is 0 Å². The number of halogens is 1. The zero-order chi connectivity index (χ0) is 20.9. The molecule has 3 aromatic rings. The smallest absolute Gasteiger partial charge is 0.261 e. The Morgan fingerprint density at radius 2 is 2.20 bits per heavy atom. The highest BCUT2D eigenvalue weighted by atomic mass is 32.1. The van der Waals surface area contributed by atoms with Crippen molar-refractivity contribution in [2.75, 3.05) is 39.9 Å². The number of pyridine rings is 1.